The molecule has 2 amide bonds. The fourth-order valence-corrected chi connectivity index (χ4v) is 2.72. The molecule has 0 aromatic heterocycles. The van der Waals surface area contributed by atoms with E-state index in [4.69, 9.17) is 26.6 Å². The fourth-order valence-electron chi connectivity index (χ4n) is 2.02. The number of amides is 2. The fraction of sp³-hybridized carbons (Fsp3) is 0.700. The number of phosphoric ester groups is 1. The summed E-state index contributed by atoms with van der Waals surface area (Å²) >= 11 is 0. The highest BCUT2D eigenvalue weighted by molar-refractivity contribution is 7.47. The topological polar surface area (TPSA) is 106 Å². The summed E-state index contributed by atoms with van der Waals surface area (Å²) in [5.41, 5.74) is -0.756. The summed E-state index contributed by atoms with van der Waals surface area (Å²) in [4.78, 5) is 36.9. The molecule has 11 heteroatoms. The van der Waals surface area contributed by atoms with E-state index in [0.29, 0.717) is 11.0 Å². The van der Waals surface area contributed by atoms with E-state index >= 15 is 0 Å². The Kier molecular flexibility index (Phi) is 11.9. The van der Waals surface area contributed by atoms with Crippen LogP contribution in [0.25, 0.3) is 0 Å². The van der Waals surface area contributed by atoms with Crippen molar-refractivity contribution in [3.63, 3.8) is 0 Å². The number of likely N-dealkylation sites (N-methyl/N-ethyl adjacent to an activating group) is 1. The third kappa shape index (κ3) is 14.5. The second-order valence-electron chi connectivity index (χ2n) is 8.71. The van der Waals surface area contributed by atoms with Crippen molar-refractivity contribution in [2.45, 2.75) is 26.4 Å². The number of phosphoric acid groups is 1. The minimum atomic E-state index is -4.27. The highest BCUT2D eigenvalue weighted by atomic mass is 31.2. The molecule has 0 saturated carbocycles. The standard InChI is InChI=1S/C20H34N3O7P/c1-9-11-21(13-15-28-31(26,27)29-16-14-23(6,7)8)18(24)17-22(12-10-2)19(25)30-20(3,4)5/h1-2H,11-17H2,3-8H3/p+1. The van der Waals surface area contributed by atoms with Gasteiger partial charge >= 0.3 is 13.9 Å². The smallest absolute Gasteiger partial charge is 0.444 e. The highest BCUT2D eigenvalue weighted by Gasteiger charge is 2.27. The molecule has 0 radical (unpaired) electrons. The van der Waals surface area contributed by atoms with Crippen LogP contribution in [0, 0.1) is 24.7 Å². The van der Waals surface area contributed by atoms with Gasteiger partial charge in [0.2, 0.25) is 5.91 Å². The molecule has 10 nitrogen and oxygen atoms in total. The van der Waals surface area contributed by atoms with Crippen molar-refractivity contribution in [2.24, 2.45) is 0 Å². The maximum Gasteiger partial charge on any atom is 0.472 e. The molecule has 0 bridgehead atoms. The summed E-state index contributed by atoms with van der Waals surface area (Å²) in [7, 11) is 1.47. The van der Waals surface area contributed by atoms with Crippen molar-refractivity contribution in [1.29, 1.82) is 0 Å². The van der Waals surface area contributed by atoms with Gasteiger partial charge in [-0.1, -0.05) is 11.8 Å². The van der Waals surface area contributed by atoms with Gasteiger partial charge in [-0.15, -0.1) is 12.8 Å². The van der Waals surface area contributed by atoms with Gasteiger partial charge in [0.25, 0.3) is 0 Å². The van der Waals surface area contributed by atoms with Gasteiger partial charge in [0, 0.05) is 6.54 Å². The molecule has 31 heavy (non-hydrogen) atoms. The third-order valence-electron chi connectivity index (χ3n) is 3.53. The second-order valence-corrected chi connectivity index (χ2v) is 10.2. The highest BCUT2D eigenvalue weighted by Crippen LogP contribution is 2.42. The first-order valence-corrected chi connectivity index (χ1v) is 11.1. The summed E-state index contributed by atoms with van der Waals surface area (Å²) in [6.45, 7) is 4.67. The lowest BCUT2D eigenvalue weighted by Crippen LogP contribution is -2.45. The Labute approximate surface area is 185 Å². The van der Waals surface area contributed by atoms with Crippen LogP contribution in [0.1, 0.15) is 20.8 Å². The van der Waals surface area contributed by atoms with Gasteiger partial charge in [-0.25, -0.2) is 9.36 Å². The first kappa shape index (κ1) is 28.9. The van der Waals surface area contributed by atoms with Crippen molar-refractivity contribution < 1.29 is 37.3 Å². The monoisotopic (exact) mass is 460 g/mol. The number of rotatable bonds is 12. The molecule has 0 heterocycles. The molecule has 0 aromatic carbocycles. The van der Waals surface area contributed by atoms with E-state index in [1.54, 1.807) is 20.8 Å². The minimum absolute atomic E-state index is 0.0290. The summed E-state index contributed by atoms with van der Waals surface area (Å²) in [6, 6.07) is 0. The van der Waals surface area contributed by atoms with E-state index < -0.39 is 25.4 Å². The zero-order chi connectivity index (χ0) is 24.3. The van der Waals surface area contributed by atoms with Crippen LogP contribution in [0.15, 0.2) is 0 Å². The number of hydrogen-bond acceptors (Lipinski definition) is 6. The number of quaternary nitrogens is 1. The van der Waals surface area contributed by atoms with E-state index in [1.165, 1.54) is 4.90 Å². The second kappa shape index (κ2) is 12.7. The van der Waals surface area contributed by atoms with Gasteiger partial charge in [0.15, 0.2) is 0 Å². The van der Waals surface area contributed by atoms with Crippen LogP contribution in [-0.4, -0.2) is 104 Å². The van der Waals surface area contributed by atoms with Crippen LogP contribution in [0.3, 0.4) is 0 Å². The predicted octanol–water partition coefficient (Wildman–Crippen LogP) is 1.16. The van der Waals surface area contributed by atoms with Crippen molar-refractivity contribution >= 4 is 19.8 Å². The van der Waals surface area contributed by atoms with Crippen LogP contribution in [0.5, 0.6) is 0 Å². The average Bonchev–Trinajstić information content (AvgIpc) is 2.57. The Hall–Kier alpha value is -2.07. The first-order valence-electron chi connectivity index (χ1n) is 9.65. The summed E-state index contributed by atoms with van der Waals surface area (Å²) in [5, 5.41) is 0. The van der Waals surface area contributed by atoms with Crippen LogP contribution in [-0.2, 0) is 23.1 Å². The third-order valence-corrected chi connectivity index (χ3v) is 4.54. The van der Waals surface area contributed by atoms with Crippen molar-refractivity contribution in [2.75, 3.05) is 67.1 Å². The van der Waals surface area contributed by atoms with Crippen LogP contribution < -0.4 is 0 Å². The van der Waals surface area contributed by atoms with Crippen LogP contribution in [0.4, 0.5) is 4.79 Å². The Morgan fingerprint density at radius 3 is 2.03 bits per heavy atom. The van der Waals surface area contributed by atoms with E-state index in [2.05, 4.69) is 11.8 Å². The lowest BCUT2D eigenvalue weighted by atomic mass is 10.2. The number of hydrogen-bond donors (Lipinski definition) is 1. The molecule has 0 aromatic rings. The number of carbonyl (C=O) groups excluding carboxylic acids is 2. The molecule has 0 aliphatic heterocycles. The minimum Gasteiger partial charge on any atom is -0.444 e. The SMILES string of the molecule is C#CCN(CCOP(=O)(O)OCC[N+](C)(C)C)C(=O)CN(CC#C)C(=O)OC(C)(C)C. The Morgan fingerprint density at radius 1 is 1.03 bits per heavy atom. The Bertz CT molecular complexity index is 729. The number of nitrogens with zero attached hydrogens (tertiary/aromatic N) is 3. The molecular weight excluding hydrogens is 425 g/mol. The van der Waals surface area contributed by atoms with Crippen molar-refractivity contribution in [1.82, 2.24) is 9.80 Å². The van der Waals surface area contributed by atoms with Gasteiger partial charge in [0.1, 0.15) is 25.3 Å². The van der Waals surface area contributed by atoms with Crippen molar-refractivity contribution in [3.05, 3.63) is 0 Å². The largest absolute Gasteiger partial charge is 0.472 e. The van der Waals surface area contributed by atoms with E-state index in [9.17, 15) is 19.0 Å². The van der Waals surface area contributed by atoms with Crippen LogP contribution >= 0.6 is 7.82 Å². The van der Waals surface area contributed by atoms with E-state index in [0.717, 1.165) is 4.90 Å². The van der Waals surface area contributed by atoms with E-state index in [-0.39, 0.29) is 39.4 Å². The Morgan fingerprint density at radius 2 is 1.55 bits per heavy atom. The van der Waals surface area contributed by atoms with Crippen molar-refractivity contribution in [3.8, 4) is 24.7 Å². The van der Waals surface area contributed by atoms with Gasteiger partial charge < -0.3 is 19.0 Å². The molecule has 0 aliphatic rings. The van der Waals surface area contributed by atoms with Gasteiger partial charge in [-0.05, 0) is 20.8 Å². The van der Waals surface area contributed by atoms with E-state index in [1.807, 2.05) is 21.1 Å². The quantitative estimate of drug-likeness (QED) is 0.265. The summed E-state index contributed by atoms with van der Waals surface area (Å²) in [5.74, 6) is 4.12. The van der Waals surface area contributed by atoms with Gasteiger partial charge in [0.05, 0.1) is 40.8 Å². The van der Waals surface area contributed by atoms with Gasteiger partial charge in [-0.2, -0.15) is 0 Å². The molecule has 0 spiro atoms. The zero-order valence-electron chi connectivity index (χ0n) is 19.3. The Balaban J connectivity index is 4.86. The number of terminal acetylenes is 2. The zero-order valence-corrected chi connectivity index (χ0v) is 20.2. The molecule has 0 fully saturated rings. The lowest BCUT2D eigenvalue weighted by molar-refractivity contribution is -0.870. The molecule has 1 atom stereocenters. The number of ether oxygens (including phenoxy) is 1. The predicted molar refractivity (Wildman–Crippen MR) is 117 cm³/mol. The molecule has 1 N–H and O–H groups in total. The molecule has 0 saturated heterocycles. The lowest BCUT2D eigenvalue weighted by Gasteiger charge is -2.28. The maximum atomic E-state index is 12.6. The average molecular weight is 460 g/mol. The molecule has 0 aliphatic carbocycles. The molecular formula is C20H35N3O7P+. The summed E-state index contributed by atoms with van der Waals surface area (Å²) < 4.78 is 27.6. The normalized spacial score (nSPS) is 13.5. The maximum absolute atomic E-state index is 12.6. The first-order chi connectivity index (χ1) is 14.1. The van der Waals surface area contributed by atoms with Crippen LogP contribution in [0.2, 0.25) is 0 Å². The van der Waals surface area contributed by atoms with Gasteiger partial charge in [-0.3, -0.25) is 18.7 Å². The molecule has 1 unspecified atom stereocenters. The number of carbonyl (C=O) groups is 2. The summed E-state index contributed by atoms with van der Waals surface area (Å²) in [6.07, 6.45) is 9.86. The molecule has 176 valence electrons. The molecule has 0 rings (SSSR count).